The molecule has 2 atom stereocenters. The second-order valence-corrected chi connectivity index (χ2v) is 5.18. The van der Waals surface area contributed by atoms with E-state index in [4.69, 9.17) is 9.47 Å². The van der Waals surface area contributed by atoms with E-state index in [1.165, 1.54) is 38.5 Å². The van der Waals surface area contributed by atoms with Crippen molar-refractivity contribution < 1.29 is 9.47 Å². The fourth-order valence-corrected chi connectivity index (χ4v) is 2.21. The molecule has 0 spiro atoms. The molecule has 0 aromatic heterocycles. The lowest BCUT2D eigenvalue weighted by Gasteiger charge is -2.28. The molecule has 2 heteroatoms. The molecule has 0 amide bonds. The Balaban J connectivity index is 1.95. The summed E-state index contributed by atoms with van der Waals surface area (Å²) in [5, 5.41) is 0. The highest BCUT2D eigenvalue weighted by Crippen LogP contribution is 2.22. The summed E-state index contributed by atoms with van der Waals surface area (Å²) >= 11 is 0. The molecule has 106 valence electrons. The van der Waals surface area contributed by atoms with Crippen molar-refractivity contribution >= 4 is 0 Å². The first-order valence-corrected chi connectivity index (χ1v) is 7.76. The first-order valence-electron chi connectivity index (χ1n) is 7.76. The summed E-state index contributed by atoms with van der Waals surface area (Å²) in [5.41, 5.74) is 0. The molecule has 2 nitrogen and oxygen atoms in total. The van der Waals surface area contributed by atoms with Gasteiger partial charge < -0.3 is 9.47 Å². The lowest BCUT2D eigenvalue weighted by atomic mass is 9.95. The van der Waals surface area contributed by atoms with Crippen LogP contribution in [0.5, 0.6) is 0 Å². The van der Waals surface area contributed by atoms with Crippen LogP contribution in [0.2, 0.25) is 0 Å². The van der Waals surface area contributed by atoms with Crippen LogP contribution in [0, 0.1) is 12.8 Å². The van der Waals surface area contributed by atoms with Crippen LogP contribution in [-0.2, 0) is 9.47 Å². The van der Waals surface area contributed by atoms with Crippen molar-refractivity contribution in [2.75, 3.05) is 13.2 Å². The number of unbranched alkanes of at least 4 members (excludes halogenated alkanes) is 4. The van der Waals surface area contributed by atoms with Crippen LogP contribution >= 0.6 is 0 Å². The number of hydrogen-bond acceptors (Lipinski definition) is 2. The summed E-state index contributed by atoms with van der Waals surface area (Å²) in [7, 11) is 0. The number of rotatable bonds is 10. The fraction of sp³-hybridized carbons (Fsp3) is 0.875. The van der Waals surface area contributed by atoms with Gasteiger partial charge in [0.05, 0.1) is 12.2 Å². The molecule has 0 aromatic rings. The lowest BCUT2D eigenvalue weighted by Crippen LogP contribution is -2.28. The lowest BCUT2D eigenvalue weighted by molar-refractivity contribution is 0.0184. The first-order chi connectivity index (χ1) is 8.86. The molecule has 0 bridgehead atoms. The molecule has 0 aliphatic heterocycles. The summed E-state index contributed by atoms with van der Waals surface area (Å²) in [6.45, 7) is 6.26. The van der Waals surface area contributed by atoms with Crippen molar-refractivity contribution in [3.63, 3.8) is 0 Å². The van der Waals surface area contributed by atoms with Gasteiger partial charge in [0, 0.05) is 13.2 Å². The van der Waals surface area contributed by atoms with Crippen molar-refractivity contribution in [1.82, 2.24) is 0 Å². The van der Waals surface area contributed by atoms with E-state index in [-0.39, 0.29) is 0 Å². The Morgan fingerprint density at radius 3 is 1.56 bits per heavy atom. The zero-order valence-electron chi connectivity index (χ0n) is 12.2. The van der Waals surface area contributed by atoms with E-state index >= 15 is 0 Å². The summed E-state index contributed by atoms with van der Waals surface area (Å²) in [5.74, 6) is 0. The molecule has 0 aromatic carbocycles. The molecule has 18 heavy (non-hydrogen) atoms. The minimum Gasteiger partial charge on any atom is -0.378 e. The Morgan fingerprint density at radius 2 is 1.22 bits per heavy atom. The van der Waals surface area contributed by atoms with Crippen LogP contribution in [-0.4, -0.2) is 25.4 Å². The zero-order valence-corrected chi connectivity index (χ0v) is 12.2. The van der Waals surface area contributed by atoms with Gasteiger partial charge in [0.15, 0.2) is 0 Å². The second-order valence-electron chi connectivity index (χ2n) is 5.18. The maximum Gasteiger partial charge on any atom is 0.0611 e. The molecule has 2 unspecified atom stereocenters. The second kappa shape index (κ2) is 10.8. The van der Waals surface area contributed by atoms with Crippen molar-refractivity contribution in [2.45, 2.75) is 77.4 Å². The molecule has 0 saturated heterocycles. The van der Waals surface area contributed by atoms with Crippen LogP contribution in [0.4, 0.5) is 0 Å². The minimum atomic E-state index is 0.331. The Labute approximate surface area is 113 Å². The Hall–Kier alpha value is -0.0800. The van der Waals surface area contributed by atoms with Crippen molar-refractivity contribution in [2.24, 2.45) is 0 Å². The topological polar surface area (TPSA) is 18.5 Å². The van der Waals surface area contributed by atoms with Crippen molar-refractivity contribution in [1.29, 1.82) is 0 Å². The molecule has 2 radical (unpaired) electrons. The van der Waals surface area contributed by atoms with Gasteiger partial charge in [-0.05, 0) is 38.5 Å². The third kappa shape index (κ3) is 7.38. The largest absolute Gasteiger partial charge is 0.378 e. The van der Waals surface area contributed by atoms with E-state index in [1.807, 2.05) is 0 Å². The molecule has 1 aliphatic carbocycles. The van der Waals surface area contributed by atoms with Gasteiger partial charge >= 0.3 is 0 Å². The van der Waals surface area contributed by atoms with Crippen molar-refractivity contribution in [3.05, 3.63) is 12.8 Å². The van der Waals surface area contributed by atoms with E-state index in [9.17, 15) is 0 Å². The van der Waals surface area contributed by atoms with Gasteiger partial charge in [-0.2, -0.15) is 0 Å². The highest BCUT2D eigenvalue weighted by atomic mass is 16.5. The molecular formula is C16H30O2. The monoisotopic (exact) mass is 254 g/mol. The van der Waals surface area contributed by atoms with Gasteiger partial charge in [-0.15, -0.1) is 0 Å². The molecule has 1 fully saturated rings. The Kier molecular flexibility index (Phi) is 9.59. The Morgan fingerprint density at radius 1 is 0.778 bits per heavy atom. The zero-order chi connectivity index (χ0) is 13.1. The average Bonchev–Trinajstić information content (AvgIpc) is 2.41. The van der Waals surface area contributed by atoms with Crippen LogP contribution in [0.3, 0.4) is 0 Å². The smallest absolute Gasteiger partial charge is 0.0611 e. The summed E-state index contributed by atoms with van der Waals surface area (Å²) < 4.78 is 11.7. The molecule has 1 aliphatic rings. The molecule has 0 heterocycles. The third-order valence-electron chi connectivity index (χ3n) is 3.42. The van der Waals surface area contributed by atoms with Crippen LogP contribution < -0.4 is 0 Å². The Bertz CT molecular complexity index is 154. The number of hydrogen-bond donors (Lipinski definition) is 0. The van der Waals surface area contributed by atoms with Gasteiger partial charge in [0.1, 0.15) is 0 Å². The maximum atomic E-state index is 5.83. The van der Waals surface area contributed by atoms with Crippen LogP contribution in [0.15, 0.2) is 0 Å². The molecule has 1 rings (SSSR count). The van der Waals surface area contributed by atoms with E-state index in [1.54, 1.807) is 0 Å². The minimum absolute atomic E-state index is 0.331. The quantitative estimate of drug-likeness (QED) is 0.540. The summed E-state index contributed by atoms with van der Waals surface area (Å²) in [4.78, 5) is 0. The summed E-state index contributed by atoms with van der Waals surface area (Å²) in [6.07, 6.45) is 14.7. The molecule has 0 N–H and O–H groups in total. The van der Waals surface area contributed by atoms with Gasteiger partial charge in [0.25, 0.3) is 0 Å². The molecular weight excluding hydrogens is 224 g/mol. The highest BCUT2D eigenvalue weighted by Gasteiger charge is 2.22. The van der Waals surface area contributed by atoms with Crippen LogP contribution in [0.1, 0.15) is 65.2 Å². The van der Waals surface area contributed by atoms with Crippen molar-refractivity contribution in [3.8, 4) is 0 Å². The van der Waals surface area contributed by atoms with Gasteiger partial charge in [-0.3, -0.25) is 0 Å². The van der Waals surface area contributed by atoms with Gasteiger partial charge in [-0.25, -0.2) is 0 Å². The van der Waals surface area contributed by atoms with Gasteiger partial charge in [-0.1, -0.05) is 39.5 Å². The van der Waals surface area contributed by atoms with Gasteiger partial charge in [0.2, 0.25) is 0 Å². The fourth-order valence-electron chi connectivity index (χ4n) is 2.21. The maximum absolute atomic E-state index is 5.83. The van der Waals surface area contributed by atoms with E-state index in [0.29, 0.717) is 12.2 Å². The van der Waals surface area contributed by atoms with E-state index < -0.39 is 0 Å². The standard InChI is InChI=1S/C16H30O2/c1-3-5-7-13-17-15-9-11-16(12-10-15)18-14-8-6-4-2/h9,12,15-16H,3-8,10-11,13-14H2,1-2H3. The average molecular weight is 254 g/mol. The third-order valence-corrected chi connectivity index (χ3v) is 3.42. The predicted molar refractivity (Wildman–Crippen MR) is 76.4 cm³/mol. The predicted octanol–water partition coefficient (Wildman–Crippen LogP) is 4.34. The van der Waals surface area contributed by atoms with E-state index in [0.717, 1.165) is 26.1 Å². The number of ether oxygens (including phenoxy) is 2. The normalized spacial score (nSPS) is 24.3. The molecule has 1 saturated carbocycles. The SMILES string of the molecule is CCCCCOC1[CH]CC(OCCCCC)[CH]C1. The highest BCUT2D eigenvalue weighted by molar-refractivity contribution is 4.96. The van der Waals surface area contributed by atoms with Crippen LogP contribution in [0.25, 0.3) is 0 Å². The first kappa shape index (κ1) is 16.0. The summed E-state index contributed by atoms with van der Waals surface area (Å²) in [6, 6.07) is 0. The van der Waals surface area contributed by atoms with E-state index in [2.05, 4.69) is 26.7 Å².